The molecule has 1 saturated carbocycles. The number of benzene rings is 3. The number of carboxylic acids is 1. The van der Waals surface area contributed by atoms with Gasteiger partial charge in [0, 0.05) is 11.8 Å². The zero-order valence-corrected chi connectivity index (χ0v) is 16.1. The fraction of sp³-hybridized carbons (Fsp3) is 0.200. The summed E-state index contributed by atoms with van der Waals surface area (Å²) < 4.78 is 5.70. The second-order valence-corrected chi connectivity index (χ2v) is 7.50. The number of carbonyl (C=O) groups is 2. The van der Waals surface area contributed by atoms with Crippen LogP contribution in [0.15, 0.2) is 84.9 Å². The van der Waals surface area contributed by atoms with Crippen molar-refractivity contribution < 1.29 is 19.4 Å². The standard InChI is InChI=1S/C25H22O4/c1-16-9-8-14-19(15-16)29-25(28)23-20(17-10-4-2-5-11-17)22(24(26)27)21(23)18-12-6-3-7-13-18/h2-15,20-23H,1H3,(H,26,27)/t20-,21-,22?,23?/m1/s1. The van der Waals surface area contributed by atoms with E-state index in [0.717, 1.165) is 16.7 Å². The van der Waals surface area contributed by atoms with Crippen molar-refractivity contribution in [2.24, 2.45) is 11.8 Å². The van der Waals surface area contributed by atoms with Gasteiger partial charge >= 0.3 is 11.9 Å². The van der Waals surface area contributed by atoms with Crippen LogP contribution in [0.2, 0.25) is 0 Å². The Morgan fingerprint density at radius 2 is 1.31 bits per heavy atom. The zero-order chi connectivity index (χ0) is 20.4. The van der Waals surface area contributed by atoms with Crippen molar-refractivity contribution in [3.05, 3.63) is 102 Å². The first-order valence-electron chi connectivity index (χ1n) is 9.67. The lowest BCUT2D eigenvalue weighted by Gasteiger charge is -2.48. The minimum atomic E-state index is -0.896. The SMILES string of the molecule is Cc1cccc(OC(=O)C2[C@H](c3ccccc3)C(C(=O)O)[C@H]2c2ccccc2)c1. The Morgan fingerprint density at radius 1 is 0.759 bits per heavy atom. The molecule has 0 heterocycles. The van der Waals surface area contributed by atoms with Gasteiger partial charge in [-0.25, -0.2) is 0 Å². The van der Waals surface area contributed by atoms with Crippen molar-refractivity contribution in [3.8, 4) is 5.75 Å². The molecule has 1 aliphatic carbocycles. The van der Waals surface area contributed by atoms with Crippen LogP contribution in [0.1, 0.15) is 28.5 Å². The molecule has 146 valence electrons. The topological polar surface area (TPSA) is 63.6 Å². The van der Waals surface area contributed by atoms with Crippen molar-refractivity contribution in [2.75, 3.05) is 0 Å². The second kappa shape index (κ2) is 7.92. The van der Waals surface area contributed by atoms with E-state index < -0.39 is 35.6 Å². The van der Waals surface area contributed by atoms with Crippen molar-refractivity contribution in [2.45, 2.75) is 18.8 Å². The van der Waals surface area contributed by atoms with E-state index in [9.17, 15) is 14.7 Å². The number of hydrogen-bond donors (Lipinski definition) is 1. The molecule has 0 aliphatic heterocycles. The highest BCUT2D eigenvalue weighted by Crippen LogP contribution is 2.58. The molecular weight excluding hydrogens is 364 g/mol. The Labute approximate surface area is 169 Å². The van der Waals surface area contributed by atoms with Gasteiger partial charge in [-0.2, -0.15) is 0 Å². The average Bonchev–Trinajstić information content (AvgIpc) is 2.68. The number of esters is 1. The summed E-state index contributed by atoms with van der Waals surface area (Å²) in [6.07, 6.45) is 0. The summed E-state index contributed by atoms with van der Waals surface area (Å²) >= 11 is 0. The van der Waals surface area contributed by atoms with E-state index in [1.54, 1.807) is 12.1 Å². The van der Waals surface area contributed by atoms with Crippen LogP contribution in [0.25, 0.3) is 0 Å². The summed E-state index contributed by atoms with van der Waals surface area (Å²) in [6.45, 7) is 1.93. The van der Waals surface area contributed by atoms with Gasteiger partial charge < -0.3 is 9.84 Å². The molecule has 2 atom stereocenters. The first-order chi connectivity index (χ1) is 14.1. The van der Waals surface area contributed by atoms with E-state index >= 15 is 0 Å². The van der Waals surface area contributed by atoms with Crippen LogP contribution in [0.3, 0.4) is 0 Å². The first kappa shape index (κ1) is 18.9. The number of rotatable bonds is 5. The maximum atomic E-state index is 13.2. The van der Waals surface area contributed by atoms with Gasteiger partial charge in [0.25, 0.3) is 0 Å². The molecule has 0 bridgehead atoms. The van der Waals surface area contributed by atoms with Gasteiger partial charge in [0.1, 0.15) is 5.75 Å². The number of ether oxygens (including phenoxy) is 1. The lowest BCUT2D eigenvalue weighted by molar-refractivity contribution is -0.158. The van der Waals surface area contributed by atoms with E-state index in [-0.39, 0.29) is 0 Å². The van der Waals surface area contributed by atoms with E-state index in [1.165, 1.54) is 0 Å². The summed E-state index contributed by atoms with van der Waals surface area (Å²) in [5.41, 5.74) is 2.68. The van der Waals surface area contributed by atoms with Gasteiger partial charge in [0.2, 0.25) is 0 Å². The highest BCUT2D eigenvalue weighted by Gasteiger charge is 2.59. The quantitative estimate of drug-likeness (QED) is 0.505. The number of aryl methyl sites for hydroxylation is 1. The summed E-state index contributed by atoms with van der Waals surface area (Å²) in [7, 11) is 0. The average molecular weight is 386 g/mol. The van der Waals surface area contributed by atoms with Gasteiger partial charge in [0.05, 0.1) is 11.8 Å². The maximum Gasteiger partial charge on any atom is 0.315 e. The molecule has 3 aromatic rings. The molecule has 1 aliphatic rings. The van der Waals surface area contributed by atoms with E-state index in [2.05, 4.69) is 0 Å². The van der Waals surface area contributed by atoms with Crippen LogP contribution >= 0.6 is 0 Å². The van der Waals surface area contributed by atoms with Crippen LogP contribution in [-0.4, -0.2) is 17.0 Å². The number of carbonyl (C=O) groups excluding carboxylic acids is 1. The van der Waals surface area contributed by atoms with Crippen LogP contribution in [0.5, 0.6) is 5.75 Å². The molecule has 4 nitrogen and oxygen atoms in total. The molecule has 1 fully saturated rings. The first-order valence-corrected chi connectivity index (χ1v) is 9.67. The smallest absolute Gasteiger partial charge is 0.315 e. The summed E-state index contributed by atoms with van der Waals surface area (Å²) in [5.74, 6) is -2.93. The molecule has 4 heteroatoms. The lowest BCUT2D eigenvalue weighted by atomic mass is 9.52. The number of aliphatic carboxylic acids is 1. The Hall–Kier alpha value is -3.40. The molecule has 0 saturated heterocycles. The van der Waals surface area contributed by atoms with Crippen molar-refractivity contribution in [1.29, 1.82) is 0 Å². The Morgan fingerprint density at radius 3 is 1.79 bits per heavy atom. The number of carboxylic acid groups (broad SMARTS) is 1. The van der Waals surface area contributed by atoms with Crippen LogP contribution in [0, 0.1) is 18.8 Å². The van der Waals surface area contributed by atoms with E-state index in [4.69, 9.17) is 4.74 Å². The molecule has 4 rings (SSSR count). The zero-order valence-electron chi connectivity index (χ0n) is 16.1. The van der Waals surface area contributed by atoms with Crippen molar-refractivity contribution in [1.82, 2.24) is 0 Å². The van der Waals surface area contributed by atoms with Gasteiger partial charge in [-0.15, -0.1) is 0 Å². The summed E-state index contributed by atoms with van der Waals surface area (Å²) in [4.78, 5) is 25.4. The van der Waals surface area contributed by atoms with Crippen LogP contribution < -0.4 is 4.74 Å². The molecule has 1 N–H and O–H groups in total. The molecule has 0 aromatic heterocycles. The fourth-order valence-electron chi connectivity index (χ4n) is 4.39. The maximum absolute atomic E-state index is 13.2. The molecule has 0 spiro atoms. The summed E-state index contributed by atoms with van der Waals surface area (Å²) in [6, 6.07) is 26.1. The summed E-state index contributed by atoms with van der Waals surface area (Å²) in [5, 5.41) is 9.97. The Bertz CT molecular complexity index is 966. The fourth-order valence-corrected chi connectivity index (χ4v) is 4.39. The van der Waals surface area contributed by atoms with Crippen LogP contribution in [-0.2, 0) is 9.59 Å². The molecule has 29 heavy (non-hydrogen) atoms. The minimum Gasteiger partial charge on any atom is -0.481 e. The lowest BCUT2D eigenvalue weighted by Crippen LogP contribution is -2.52. The predicted octanol–water partition coefficient (Wildman–Crippen LogP) is 4.80. The van der Waals surface area contributed by atoms with Crippen molar-refractivity contribution in [3.63, 3.8) is 0 Å². The van der Waals surface area contributed by atoms with E-state index in [1.807, 2.05) is 79.7 Å². The van der Waals surface area contributed by atoms with Gasteiger partial charge in [-0.3, -0.25) is 9.59 Å². The van der Waals surface area contributed by atoms with Gasteiger partial charge in [-0.05, 0) is 35.7 Å². The number of hydrogen-bond acceptors (Lipinski definition) is 3. The monoisotopic (exact) mass is 386 g/mol. The minimum absolute atomic E-state index is 0.393. The third-order valence-corrected chi connectivity index (χ3v) is 5.68. The highest BCUT2D eigenvalue weighted by atomic mass is 16.5. The largest absolute Gasteiger partial charge is 0.481 e. The molecular formula is C25H22O4. The predicted molar refractivity (Wildman–Crippen MR) is 110 cm³/mol. The Kier molecular flexibility index (Phi) is 5.17. The van der Waals surface area contributed by atoms with Gasteiger partial charge in [0.15, 0.2) is 0 Å². The highest BCUT2D eigenvalue weighted by molar-refractivity contribution is 5.85. The second-order valence-electron chi connectivity index (χ2n) is 7.50. The third kappa shape index (κ3) is 3.66. The molecule has 3 aromatic carbocycles. The van der Waals surface area contributed by atoms with Crippen molar-refractivity contribution >= 4 is 11.9 Å². The normalized spacial score (nSPS) is 23.1. The Balaban J connectivity index is 1.72. The van der Waals surface area contributed by atoms with E-state index in [0.29, 0.717) is 5.75 Å². The molecule has 0 amide bonds. The molecule has 0 unspecified atom stereocenters. The van der Waals surface area contributed by atoms with Gasteiger partial charge in [-0.1, -0.05) is 72.8 Å². The van der Waals surface area contributed by atoms with Crippen LogP contribution in [0.4, 0.5) is 0 Å². The molecule has 0 radical (unpaired) electrons. The third-order valence-electron chi connectivity index (χ3n) is 5.68.